The number of amides is 1. The molecule has 1 amide bonds. The Morgan fingerprint density at radius 3 is 2.81 bits per heavy atom. The van der Waals surface area contributed by atoms with Gasteiger partial charge in [-0.05, 0) is 30.3 Å². The number of hydrogen-bond donors (Lipinski definition) is 1. The van der Waals surface area contributed by atoms with E-state index >= 15 is 0 Å². The van der Waals surface area contributed by atoms with E-state index in [1.807, 2.05) is 0 Å². The smallest absolute Gasteiger partial charge is 0.340 e. The lowest BCUT2D eigenvalue weighted by molar-refractivity contribution is -0.119. The van der Waals surface area contributed by atoms with Gasteiger partial charge in [0.1, 0.15) is 0 Å². The van der Waals surface area contributed by atoms with Gasteiger partial charge in [0.25, 0.3) is 5.91 Å². The average molecular weight is 370 g/mol. The third-order valence-corrected chi connectivity index (χ3v) is 3.24. The fraction of sp³-hybridized carbons (Fsp3) is 0.0714. The lowest BCUT2D eigenvalue weighted by Crippen LogP contribution is -2.21. The van der Waals surface area contributed by atoms with Crippen molar-refractivity contribution in [1.82, 2.24) is 4.98 Å². The van der Waals surface area contributed by atoms with Gasteiger partial charge >= 0.3 is 5.97 Å². The normalized spacial score (nSPS) is 10.0. The molecule has 7 heteroatoms. The Balaban J connectivity index is 1.89. The van der Waals surface area contributed by atoms with Crippen LogP contribution in [0, 0.1) is 0 Å². The standard InChI is InChI=1S/C14H10BrClN2O3/c15-10-3-4-12(11(16)6-10)18-13(19)8-21-14(20)9-2-1-5-17-7-9/h1-7H,8H2,(H,18,19). The van der Waals surface area contributed by atoms with Gasteiger partial charge in [0.15, 0.2) is 6.61 Å². The van der Waals surface area contributed by atoms with E-state index in [-0.39, 0.29) is 5.56 Å². The van der Waals surface area contributed by atoms with Gasteiger partial charge in [-0.15, -0.1) is 0 Å². The lowest BCUT2D eigenvalue weighted by Gasteiger charge is -2.08. The molecular weight excluding hydrogens is 360 g/mol. The Morgan fingerprint density at radius 2 is 2.14 bits per heavy atom. The zero-order valence-electron chi connectivity index (χ0n) is 10.7. The Labute approximate surface area is 134 Å². The fourth-order valence-corrected chi connectivity index (χ4v) is 2.20. The average Bonchev–Trinajstić information content (AvgIpc) is 2.48. The Morgan fingerprint density at radius 1 is 1.33 bits per heavy atom. The number of carbonyl (C=O) groups excluding carboxylic acids is 2. The number of pyridine rings is 1. The van der Waals surface area contributed by atoms with Gasteiger partial charge < -0.3 is 10.1 Å². The van der Waals surface area contributed by atoms with Crippen LogP contribution >= 0.6 is 27.5 Å². The molecule has 0 spiro atoms. The minimum Gasteiger partial charge on any atom is -0.452 e. The zero-order chi connectivity index (χ0) is 15.2. The predicted octanol–water partition coefficient (Wildman–Crippen LogP) is 3.29. The first-order valence-corrected chi connectivity index (χ1v) is 7.05. The number of hydrogen-bond acceptors (Lipinski definition) is 4. The van der Waals surface area contributed by atoms with Crippen LogP contribution in [-0.4, -0.2) is 23.5 Å². The van der Waals surface area contributed by atoms with Crippen LogP contribution in [0.3, 0.4) is 0 Å². The van der Waals surface area contributed by atoms with Crippen LogP contribution in [0.25, 0.3) is 0 Å². The molecule has 5 nitrogen and oxygen atoms in total. The van der Waals surface area contributed by atoms with Gasteiger partial charge in [0, 0.05) is 16.9 Å². The molecule has 0 bridgehead atoms. The van der Waals surface area contributed by atoms with E-state index in [4.69, 9.17) is 16.3 Å². The SMILES string of the molecule is O=C(COC(=O)c1cccnc1)Nc1ccc(Br)cc1Cl. The first-order chi connectivity index (χ1) is 10.1. The van der Waals surface area contributed by atoms with Gasteiger partial charge in [-0.2, -0.15) is 0 Å². The first kappa shape index (κ1) is 15.5. The Kier molecular flexibility index (Phi) is 5.30. The quantitative estimate of drug-likeness (QED) is 0.840. The number of rotatable bonds is 4. The summed E-state index contributed by atoms with van der Waals surface area (Å²) in [5.74, 6) is -1.09. The molecule has 21 heavy (non-hydrogen) atoms. The summed E-state index contributed by atoms with van der Waals surface area (Å²) >= 11 is 9.24. The maximum absolute atomic E-state index is 11.7. The van der Waals surface area contributed by atoms with E-state index < -0.39 is 18.5 Å². The largest absolute Gasteiger partial charge is 0.452 e. The number of anilines is 1. The Hall–Kier alpha value is -1.92. The summed E-state index contributed by atoms with van der Waals surface area (Å²) in [7, 11) is 0. The van der Waals surface area contributed by atoms with Crippen LogP contribution < -0.4 is 5.32 Å². The molecule has 0 saturated carbocycles. The van der Waals surface area contributed by atoms with Crippen molar-refractivity contribution in [1.29, 1.82) is 0 Å². The number of esters is 1. The molecule has 0 radical (unpaired) electrons. The number of nitrogens with zero attached hydrogens (tertiary/aromatic N) is 1. The second-order valence-corrected chi connectivity index (χ2v) is 5.31. The highest BCUT2D eigenvalue weighted by Gasteiger charge is 2.11. The van der Waals surface area contributed by atoms with Gasteiger partial charge in [0.05, 0.1) is 16.3 Å². The van der Waals surface area contributed by atoms with E-state index in [9.17, 15) is 9.59 Å². The van der Waals surface area contributed by atoms with E-state index in [0.717, 1.165) is 4.47 Å². The third-order valence-electron chi connectivity index (χ3n) is 2.44. The number of nitrogens with one attached hydrogen (secondary N) is 1. The molecule has 0 aliphatic heterocycles. The summed E-state index contributed by atoms with van der Waals surface area (Å²) in [6.45, 7) is -0.403. The van der Waals surface area contributed by atoms with Gasteiger partial charge in [-0.1, -0.05) is 27.5 Å². The van der Waals surface area contributed by atoms with Crippen LogP contribution in [0.15, 0.2) is 47.2 Å². The zero-order valence-corrected chi connectivity index (χ0v) is 13.0. The van der Waals surface area contributed by atoms with Crippen molar-refractivity contribution < 1.29 is 14.3 Å². The van der Waals surface area contributed by atoms with Crippen molar-refractivity contribution in [3.8, 4) is 0 Å². The second kappa shape index (κ2) is 7.19. The van der Waals surface area contributed by atoms with Crippen molar-refractivity contribution in [3.05, 3.63) is 57.8 Å². The van der Waals surface area contributed by atoms with Crippen LogP contribution in [0.2, 0.25) is 5.02 Å². The van der Waals surface area contributed by atoms with E-state index in [1.165, 1.54) is 6.20 Å². The molecule has 1 heterocycles. The summed E-state index contributed by atoms with van der Waals surface area (Å²) in [6.07, 6.45) is 2.91. The minimum atomic E-state index is -0.611. The number of aromatic nitrogens is 1. The third kappa shape index (κ3) is 4.54. The molecule has 0 aliphatic carbocycles. The fourth-order valence-electron chi connectivity index (χ4n) is 1.48. The van der Waals surface area contributed by atoms with Gasteiger partial charge in [-0.3, -0.25) is 9.78 Å². The maximum Gasteiger partial charge on any atom is 0.340 e. The highest BCUT2D eigenvalue weighted by atomic mass is 79.9. The number of halogens is 2. The molecule has 1 aromatic heterocycles. The monoisotopic (exact) mass is 368 g/mol. The minimum absolute atomic E-state index is 0.284. The Bertz CT molecular complexity index is 665. The van der Waals surface area contributed by atoms with Crippen molar-refractivity contribution >= 4 is 45.1 Å². The second-order valence-electron chi connectivity index (χ2n) is 3.99. The van der Waals surface area contributed by atoms with Crippen LogP contribution in [0.1, 0.15) is 10.4 Å². The number of benzene rings is 1. The number of carbonyl (C=O) groups is 2. The molecule has 1 aromatic carbocycles. The predicted molar refractivity (Wildman–Crippen MR) is 82.3 cm³/mol. The van der Waals surface area contributed by atoms with Crippen molar-refractivity contribution in [2.24, 2.45) is 0 Å². The van der Waals surface area contributed by atoms with Crippen molar-refractivity contribution in [3.63, 3.8) is 0 Å². The molecule has 1 N–H and O–H groups in total. The summed E-state index contributed by atoms with van der Waals surface area (Å²) in [5.41, 5.74) is 0.731. The first-order valence-electron chi connectivity index (χ1n) is 5.88. The summed E-state index contributed by atoms with van der Waals surface area (Å²) in [6, 6.07) is 8.20. The number of ether oxygens (including phenoxy) is 1. The molecule has 0 saturated heterocycles. The lowest BCUT2D eigenvalue weighted by atomic mass is 10.3. The van der Waals surface area contributed by atoms with E-state index in [2.05, 4.69) is 26.2 Å². The molecule has 0 aliphatic rings. The summed E-state index contributed by atoms with van der Waals surface area (Å²) in [5, 5.41) is 2.95. The van der Waals surface area contributed by atoms with Gasteiger partial charge in [-0.25, -0.2) is 4.79 Å². The van der Waals surface area contributed by atoms with Crippen LogP contribution in [0.5, 0.6) is 0 Å². The molecule has 0 fully saturated rings. The summed E-state index contributed by atoms with van der Waals surface area (Å²) in [4.78, 5) is 27.1. The van der Waals surface area contributed by atoms with Gasteiger partial charge in [0.2, 0.25) is 0 Å². The van der Waals surface area contributed by atoms with E-state index in [1.54, 1.807) is 36.5 Å². The highest BCUT2D eigenvalue weighted by Crippen LogP contribution is 2.25. The molecule has 2 aromatic rings. The van der Waals surface area contributed by atoms with Crippen molar-refractivity contribution in [2.45, 2.75) is 0 Å². The van der Waals surface area contributed by atoms with E-state index in [0.29, 0.717) is 10.7 Å². The van der Waals surface area contributed by atoms with Crippen LogP contribution in [0.4, 0.5) is 5.69 Å². The van der Waals surface area contributed by atoms with Crippen LogP contribution in [-0.2, 0) is 9.53 Å². The molecule has 0 atom stereocenters. The topological polar surface area (TPSA) is 68.3 Å². The molecule has 0 unspecified atom stereocenters. The molecule has 108 valence electrons. The van der Waals surface area contributed by atoms with Crippen molar-refractivity contribution in [2.75, 3.05) is 11.9 Å². The highest BCUT2D eigenvalue weighted by molar-refractivity contribution is 9.10. The summed E-state index contributed by atoms with van der Waals surface area (Å²) < 4.78 is 5.68. The molecule has 2 rings (SSSR count). The maximum atomic E-state index is 11.7. The molecular formula is C14H10BrClN2O3.